The van der Waals surface area contributed by atoms with Gasteiger partial charge in [0.05, 0.1) is 0 Å². The van der Waals surface area contributed by atoms with E-state index < -0.39 is 0 Å². The van der Waals surface area contributed by atoms with Crippen molar-refractivity contribution in [3.8, 4) is 0 Å². The highest BCUT2D eigenvalue weighted by molar-refractivity contribution is 4.74. The fourth-order valence-electron chi connectivity index (χ4n) is 1.68. The first kappa shape index (κ1) is 9.96. The smallest absolute Gasteiger partial charge is 0.0471 e. The summed E-state index contributed by atoms with van der Waals surface area (Å²) in [7, 11) is 0. The number of rotatable bonds is 5. The number of hydrogen-bond acceptors (Lipinski definition) is 3. The molecule has 0 aromatic carbocycles. The maximum absolute atomic E-state index is 8.91. The minimum Gasteiger partial charge on any atom is -0.396 e. The molecule has 1 aliphatic rings. The fourth-order valence-corrected chi connectivity index (χ4v) is 1.68. The van der Waals surface area contributed by atoms with Gasteiger partial charge in [0.15, 0.2) is 0 Å². The predicted molar refractivity (Wildman–Crippen MR) is 50.2 cm³/mol. The van der Waals surface area contributed by atoms with Gasteiger partial charge in [-0.1, -0.05) is 6.92 Å². The molecular formula is C9H20N2O. The summed E-state index contributed by atoms with van der Waals surface area (Å²) in [6, 6.07) is 0. The van der Waals surface area contributed by atoms with E-state index in [1.807, 2.05) is 0 Å². The van der Waals surface area contributed by atoms with E-state index in [0.29, 0.717) is 12.5 Å². The second kappa shape index (κ2) is 5.51. The lowest BCUT2D eigenvalue weighted by Gasteiger charge is -2.15. The number of hydrogen-bond donors (Lipinski definition) is 2. The Morgan fingerprint density at radius 3 is 3.00 bits per heavy atom. The molecule has 1 fully saturated rings. The molecule has 3 nitrogen and oxygen atoms in total. The summed E-state index contributed by atoms with van der Waals surface area (Å²) in [5.74, 6) is 0.534. The van der Waals surface area contributed by atoms with E-state index in [0.717, 1.165) is 32.7 Å². The first-order valence-corrected chi connectivity index (χ1v) is 4.90. The molecule has 1 atom stereocenters. The van der Waals surface area contributed by atoms with Gasteiger partial charge >= 0.3 is 0 Å². The summed E-state index contributed by atoms with van der Waals surface area (Å²) in [6.45, 7) is 7.99. The van der Waals surface area contributed by atoms with Gasteiger partial charge in [-0.3, -0.25) is 0 Å². The first-order chi connectivity index (χ1) is 5.86. The number of aliphatic hydroxyl groups is 1. The van der Waals surface area contributed by atoms with Gasteiger partial charge in [-0.25, -0.2) is 0 Å². The van der Waals surface area contributed by atoms with Gasteiger partial charge in [-0.05, 0) is 25.4 Å². The third-order valence-electron chi connectivity index (χ3n) is 2.48. The first-order valence-electron chi connectivity index (χ1n) is 4.90. The van der Waals surface area contributed by atoms with Crippen LogP contribution in [0.4, 0.5) is 0 Å². The minimum atomic E-state index is 0.359. The van der Waals surface area contributed by atoms with Gasteiger partial charge < -0.3 is 15.3 Å². The SMILES string of the molecule is CCNCCN1CCC(CO)C1. The molecule has 1 unspecified atom stereocenters. The van der Waals surface area contributed by atoms with Crippen molar-refractivity contribution in [1.29, 1.82) is 0 Å². The Morgan fingerprint density at radius 1 is 1.58 bits per heavy atom. The molecule has 0 aliphatic carbocycles. The zero-order valence-corrected chi connectivity index (χ0v) is 7.92. The normalized spacial score (nSPS) is 25.0. The molecule has 3 heteroatoms. The second-order valence-corrected chi connectivity index (χ2v) is 3.49. The van der Waals surface area contributed by atoms with E-state index in [-0.39, 0.29) is 0 Å². The zero-order valence-electron chi connectivity index (χ0n) is 7.92. The number of likely N-dealkylation sites (tertiary alicyclic amines) is 1. The predicted octanol–water partition coefficient (Wildman–Crippen LogP) is -0.0899. The molecule has 1 saturated heterocycles. The van der Waals surface area contributed by atoms with E-state index in [4.69, 9.17) is 5.11 Å². The molecule has 12 heavy (non-hydrogen) atoms. The van der Waals surface area contributed by atoms with Crippen LogP contribution in [0.1, 0.15) is 13.3 Å². The molecule has 0 radical (unpaired) electrons. The highest BCUT2D eigenvalue weighted by atomic mass is 16.3. The van der Waals surface area contributed by atoms with Crippen LogP contribution in [0.5, 0.6) is 0 Å². The Kier molecular flexibility index (Phi) is 4.58. The molecule has 1 rings (SSSR count). The molecule has 0 aromatic rings. The van der Waals surface area contributed by atoms with Crippen molar-refractivity contribution in [2.45, 2.75) is 13.3 Å². The van der Waals surface area contributed by atoms with E-state index >= 15 is 0 Å². The molecule has 2 N–H and O–H groups in total. The van der Waals surface area contributed by atoms with Gasteiger partial charge in [0.1, 0.15) is 0 Å². The quantitative estimate of drug-likeness (QED) is 0.569. The lowest BCUT2D eigenvalue weighted by atomic mass is 10.1. The topological polar surface area (TPSA) is 35.5 Å². The lowest BCUT2D eigenvalue weighted by molar-refractivity contribution is 0.222. The summed E-state index contributed by atoms with van der Waals surface area (Å²) in [4.78, 5) is 2.42. The largest absolute Gasteiger partial charge is 0.396 e. The van der Waals surface area contributed by atoms with Crippen LogP contribution < -0.4 is 5.32 Å². The van der Waals surface area contributed by atoms with Crippen molar-refractivity contribution in [3.05, 3.63) is 0 Å². The van der Waals surface area contributed by atoms with Crippen LogP contribution in [0.15, 0.2) is 0 Å². The number of nitrogens with zero attached hydrogens (tertiary/aromatic N) is 1. The van der Waals surface area contributed by atoms with E-state index in [1.54, 1.807) is 0 Å². The molecule has 0 amide bonds. The minimum absolute atomic E-state index is 0.359. The van der Waals surface area contributed by atoms with Gasteiger partial charge in [-0.15, -0.1) is 0 Å². The molecule has 0 aromatic heterocycles. The molecule has 0 saturated carbocycles. The van der Waals surface area contributed by atoms with Crippen molar-refractivity contribution in [2.75, 3.05) is 39.3 Å². The van der Waals surface area contributed by atoms with Crippen LogP contribution in [0.3, 0.4) is 0 Å². The maximum atomic E-state index is 8.91. The monoisotopic (exact) mass is 172 g/mol. The van der Waals surface area contributed by atoms with Gasteiger partial charge in [-0.2, -0.15) is 0 Å². The molecule has 1 aliphatic heterocycles. The van der Waals surface area contributed by atoms with Crippen molar-refractivity contribution in [1.82, 2.24) is 10.2 Å². The highest BCUT2D eigenvalue weighted by Crippen LogP contribution is 2.13. The van der Waals surface area contributed by atoms with Crippen molar-refractivity contribution >= 4 is 0 Å². The number of nitrogens with one attached hydrogen (secondary N) is 1. The van der Waals surface area contributed by atoms with Crippen LogP contribution in [0.25, 0.3) is 0 Å². The summed E-state index contributed by atoms with van der Waals surface area (Å²) in [5.41, 5.74) is 0. The van der Waals surface area contributed by atoms with Crippen LogP contribution in [-0.2, 0) is 0 Å². The molecular weight excluding hydrogens is 152 g/mol. The lowest BCUT2D eigenvalue weighted by Crippen LogP contribution is -2.30. The number of likely N-dealkylation sites (N-methyl/N-ethyl adjacent to an activating group) is 1. The molecule has 1 heterocycles. The fraction of sp³-hybridized carbons (Fsp3) is 1.00. The molecule has 72 valence electrons. The van der Waals surface area contributed by atoms with Crippen LogP contribution in [0.2, 0.25) is 0 Å². The highest BCUT2D eigenvalue weighted by Gasteiger charge is 2.20. The second-order valence-electron chi connectivity index (χ2n) is 3.49. The van der Waals surface area contributed by atoms with E-state index in [2.05, 4.69) is 17.1 Å². The number of aliphatic hydroxyl groups excluding tert-OH is 1. The summed E-state index contributed by atoms with van der Waals surface area (Å²) in [6.07, 6.45) is 1.17. The Hall–Kier alpha value is -0.120. The summed E-state index contributed by atoms with van der Waals surface area (Å²) in [5, 5.41) is 12.2. The Balaban J connectivity index is 2.03. The third-order valence-corrected chi connectivity index (χ3v) is 2.48. The van der Waals surface area contributed by atoms with E-state index in [9.17, 15) is 0 Å². The van der Waals surface area contributed by atoms with Crippen molar-refractivity contribution < 1.29 is 5.11 Å². The van der Waals surface area contributed by atoms with Crippen LogP contribution in [0, 0.1) is 5.92 Å². The summed E-state index contributed by atoms with van der Waals surface area (Å²) >= 11 is 0. The molecule has 0 bridgehead atoms. The van der Waals surface area contributed by atoms with Gasteiger partial charge in [0, 0.05) is 26.2 Å². The average molecular weight is 172 g/mol. The van der Waals surface area contributed by atoms with Crippen molar-refractivity contribution in [2.24, 2.45) is 5.92 Å². The maximum Gasteiger partial charge on any atom is 0.0471 e. The third kappa shape index (κ3) is 3.09. The van der Waals surface area contributed by atoms with E-state index in [1.165, 1.54) is 6.42 Å². The standard InChI is InChI=1S/C9H20N2O/c1-2-10-4-6-11-5-3-9(7-11)8-12/h9-10,12H,2-8H2,1H3. The van der Waals surface area contributed by atoms with Gasteiger partial charge in [0.25, 0.3) is 0 Å². The van der Waals surface area contributed by atoms with Crippen LogP contribution >= 0.6 is 0 Å². The van der Waals surface area contributed by atoms with Gasteiger partial charge in [0.2, 0.25) is 0 Å². The zero-order chi connectivity index (χ0) is 8.81. The van der Waals surface area contributed by atoms with Crippen LogP contribution in [-0.4, -0.2) is 49.3 Å². The Morgan fingerprint density at radius 2 is 2.42 bits per heavy atom. The summed E-state index contributed by atoms with van der Waals surface area (Å²) < 4.78 is 0. The average Bonchev–Trinajstić information content (AvgIpc) is 2.53. The Labute approximate surface area is 74.8 Å². The Bertz CT molecular complexity index is 119. The van der Waals surface area contributed by atoms with Crippen molar-refractivity contribution in [3.63, 3.8) is 0 Å². The molecule has 0 spiro atoms.